The zero-order chi connectivity index (χ0) is 14.3. The minimum atomic E-state index is -0.114. The van der Waals surface area contributed by atoms with Crippen molar-refractivity contribution in [3.63, 3.8) is 0 Å². The Labute approximate surface area is 130 Å². The number of aromatic nitrogens is 1. The molecule has 0 aliphatic heterocycles. The van der Waals surface area contributed by atoms with Crippen LogP contribution in [0.25, 0.3) is 10.9 Å². The zero-order valence-electron chi connectivity index (χ0n) is 10.1. The fraction of sp³-hybridized carbons (Fsp3) is 0. The molecular formula is C15H8Cl3NO. The summed E-state index contributed by atoms with van der Waals surface area (Å²) < 4.78 is 0. The van der Waals surface area contributed by atoms with E-state index in [1.54, 1.807) is 42.6 Å². The van der Waals surface area contributed by atoms with Crippen LogP contribution in [0, 0.1) is 0 Å². The zero-order valence-corrected chi connectivity index (χ0v) is 12.4. The molecule has 20 heavy (non-hydrogen) atoms. The molecule has 0 bridgehead atoms. The van der Waals surface area contributed by atoms with Gasteiger partial charge in [-0.1, -0.05) is 34.8 Å². The van der Waals surface area contributed by atoms with Crippen LogP contribution in [0.15, 0.2) is 42.6 Å². The molecule has 100 valence electrons. The topological polar surface area (TPSA) is 32.9 Å². The van der Waals surface area contributed by atoms with Crippen molar-refractivity contribution in [1.82, 2.24) is 4.98 Å². The second-order valence-corrected chi connectivity index (χ2v) is 5.63. The molecular weight excluding hydrogens is 317 g/mol. The van der Waals surface area contributed by atoms with Crippen molar-refractivity contribution in [2.45, 2.75) is 0 Å². The summed E-state index contributed by atoms with van der Waals surface area (Å²) in [5.74, 6) is -0.114. The molecule has 0 amide bonds. The number of carbonyl (C=O) groups is 1. The maximum absolute atomic E-state index is 12.5. The fourth-order valence-corrected chi connectivity index (χ4v) is 2.84. The van der Waals surface area contributed by atoms with Gasteiger partial charge >= 0.3 is 0 Å². The maximum Gasteiger partial charge on any atom is 0.195 e. The summed E-state index contributed by atoms with van der Waals surface area (Å²) >= 11 is 18.0. The second kappa shape index (κ2) is 5.13. The van der Waals surface area contributed by atoms with Crippen LogP contribution in [-0.2, 0) is 0 Å². The van der Waals surface area contributed by atoms with Crippen LogP contribution in [0.2, 0.25) is 15.1 Å². The van der Waals surface area contributed by atoms with Crippen LogP contribution in [0.4, 0.5) is 0 Å². The quantitative estimate of drug-likeness (QED) is 0.632. The van der Waals surface area contributed by atoms with E-state index in [1.165, 1.54) is 0 Å². The van der Waals surface area contributed by atoms with Gasteiger partial charge in [0.2, 0.25) is 0 Å². The van der Waals surface area contributed by atoms with Crippen LogP contribution < -0.4 is 0 Å². The molecule has 0 aliphatic carbocycles. The highest BCUT2D eigenvalue weighted by Crippen LogP contribution is 2.31. The molecule has 0 saturated carbocycles. The average molecular weight is 325 g/mol. The molecule has 2 aromatic carbocycles. The van der Waals surface area contributed by atoms with E-state index >= 15 is 0 Å². The van der Waals surface area contributed by atoms with Gasteiger partial charge in [-0.15, -0.1) is 0 Å². The van der Waals surface area contributed by atoms with E-state index in [4.69, 9.17) is 34.8 Å². The Hall–Kier alpha value is -1.48. The first-order chi connectivity index (χ1) is 9.56. The molecule has 0 atom stereocenters. The Morgan fingerprint density at radius 3 is 2.35 bits per heavy atom. The van der Waals surface area contributed by atoms with Gasteiger partial charge in [-0.2, -0.15) is 0 Å². The predicted octanol–water partition coefficient (Wildman–Crippen LogP) is 5.36. The largest absolute Gasteiger partial charge is 0.360 e. The summed E-state index contributed by atoms with van der Waals surface area (Å²) in [5, 5.41) is 2.24. The van der Waals surface area contributed by atoms with Gasteiger partial charge in [0, 0.05) is 38.3 Å². The van der Waals surface area contributed by atoms with E-state index < -0.39 is 0 Å². The van der Waals surface area contributed by atoms with Crippen molar-refractivity contribution in [3.05, 3.63) is 68.8 Å². The van der Waals surface area contributed by atoms with Gasteiger partial charge in [0.1, 0.15) is 0 Å². The highest BCUT2D eigenvalue weighted by molar-refractivity contribution is 6.40. The van der Waals surface area contributed by atoms with E-state index in [0.29, 0.717) is 31.6 Å². The van der Waals surface area contributed by atoms with Crippen molar-refractivity contribution >= 4 is 51.5 Å². The van der Waals surface area contributed by atoms with Crippen molar-refractivity contribution in [3.8, 4) is 0 Å². The average Bonchev–Trinajstić information content (AvgIpc) is 2.82. The molecule has 0 radical (unpaired) electrons. The Kier molecular flexibility index (Phi) is 3.47. The van der Waals surface area contributed by atoms with Gasteiger partial charge in [-0.05, 0) is 36.4 Å². The van der Waals surface area contributed by atoms with Crippen LogP contribution in [-0.4, -0.2) is 10.8 Å². The van der Waals surface area contributed by atoms with E-state index in [9.17, 15) is 4.79 Å². The molecule has 0 aliphatic rings. The van der Waals surface area contributed by atoms with Crippen molar-refractivity contribution in [1.29, 1.82) is 0 Å². The predicted molar refractivity (Wildman–Crippen MR) is 83.2 cm³/mol. The highest BCUT2D eigenvalue weighted by atomic mass is 35.5. The lowest BCUT2D eigenvalue weighted by Crippen LogP contribution is -2.00. The second-order valence-electron chi connectivity index (χ2n) is 4.35. The molecule has 3 rings (SSSR count). The summed E-state index contributed by atoms with van der Waals surface area (Å²) in [4.78, 5) is 15.5. The number of aromatic amines is 1. The van der Waals surface area contributed by atoms with Gasteiger partial charge in [0.25, 0.3) is 0 Å². The Morgan fingerprint density at radius 1 is 0.950 bits per heavy atom. The third kappa shape index (κ3) is 2.31. The molecule has 5 heteroatoms. The molecule has 1 N–H and O–H groups in total. The summed E-state index contributed by atoms with van der Waals surface area (Å²) in [7, 11) is 0. The molecule has 1 aromatic heterocycles. The van der Waals surface area contributed by atoms with Crippen molar-refractivity contribution in [2.24, 2.45) is 0 Å². The van der Waals surface area contributed by atoms with Gasteiger partial charge in [0.15, 0.2) is 5.78 Å². The maximum atomic E-state index is 12.5. The minimum Gasteiger partial charge on any atom is -0.360 e. The van der Waals surface area contributed by atoms with Crippen molar-refractivity contribution < 1.29 is 4.79 Å². The SMILES string of the molecule is O=C(c1ccc(Cl)cc1)c1c[nH]c2cc(Cl)cc(Cl)c12. The van der Waals surface area contributed by atoms with E-state index in [-0.39, 0.29) is 5.78 Å². The van der Waals surface area contributed by atoms with Crippen LogP contribution >= 0.6 is 34.8 Å². The van der Waals surface area contributed by atoms with Gasteiger partial charge in [-0.3, -0.25) is 4.79 Å². The van der Waals surface area contributed by atoms with Gasteiger partial charge in [-0.25, -0.2) is 0 Å². The normalized spacial score (nSPS) is 10.9. The summed E-state index contributed by atoms with van der Waals surface area (Å²) in [5.41, 5.74) is 1.81. The van der Waals surface area contributed by atoms with E-state index in [0.717, 1.165) is 5.52 Å². The lowest BCUT2D eigenvalue weighted by atomic mass is 10.0. The lowest BCUT2D eigenvalue weighted by Gasteiger charge is -2.02. The monoisotopic (exact) mass is 323 g/mol. The Bertz CT molecular complexity index is 806. The van der Waals surface area contributed by atoms with Gasteiger partial charge < -0.3 is 4.98 Å². The summed E-state index contributed by atoms with van der Waals surface area (Å²) in [6, 6.07) is 10.1. The standard InChI is InChI=1S/C15H8Cl3NO/c16-9-3-1-8(2-4-9)15(20)11-7-19-13-6-10(17)5-12(18)14(11)13/h1-7,19H. The molecule has 0 fully saturated rings. The number of H-pyrrole nitrogens is 1. The Morgan fingerprint density at radius 2 is 1.65 bits per heavy atom. The van der Waals surface area contributed by atoms with E-state index in [2.05, 4.69) is 4.98 Å². The number of hydrogen-bond donors (Lipinski definition) is 1. The number of rotatable bonds is 2. The summed E-state index contributed by atoms with van der Waals surface area (Å²) in [6.07, 6.45) is 1.64. The Balaban J connectivity index is 2.15. The molecule has 0 spiro atoms. The highest BCUT2D eigenvalue weighted by Gasteiger charge is 2.16. The number of ketones is 1. The number of carbonyl (C=O) groups excluding carboxylic acids is 1. The van der Waals surface area contributed by atoms with Gasteiger partial charge in [0.05, 0.1) is 5.02 Å². The summed E-state index contributed by atoms with van der Waals surface area (Å²) in [6.45, 7) is 0. The minimum absolute atomic E-state index is 0.114. The third-order valence-corrected chi connectivity index (χ3v) is 3.82. The molecule has 2 nitrogen and oxygen atoms in total. The number of nitrogens with one attached hydrogen (secondary N) is 1. The number of halogens is 3. The van der Waals surface area contributed by atoms with Crippen LogP contribution in [0.1, 0.15) is 15.9 Å². The van der Waals surface area contributed by atoms with Crippen LogP contribution in [0.5, 0.6) is 0 Å². The molecule has 1 heterocycles. The van der Waals surface area contributed by atoms with Crippen molar-refractivity contribution in [2.75, 3.05) is 0 Å². The third-order valence-electron chi connectivity index (χ3n) is 3.05. The number of benzene rings is 2. The first-order valence-electron chi connectivity index (χ1n) is 5.82. The fourth-order valence-electron chi connectivity index (χ4n) is 2.12. The lowest BCUT2D eigenvalue weighted by molar-refractivity contribution is 0.104. The number of fused-ring (bicyclic) bond motifs is 1. The molecule has 0 saturated heterocycles. The van der Waals surface area contributed by atoms with Crippen LogP contribution in [0.3, 0.4) is 0 Å². The molecule has 0 unspecified atom stereocenters. The first kappa shape index (κ1) is 13.5. The molecule has 3 aromatic rings. The smallest absolute Gasteiger partial charge is 0.195 e. The van der Waals surface area contributed by atoms with E-state index in [1.807, 2.05) is 0 Å². The number of hydrogen-bond acceptors (Lipinski definition) is 1. The first-order valence-corrected chi connectivity index (χ1v) is 6.96.